The quantitative estimate of drug-likeness (QED) is 0.714. The molecule has 2 N–H and O–H groups in total. The van der Waals surface area contributed by atoms with Crippen LogP contribution in [0.2, 0.25) is 0 Å². The molecule has 7 heteroatoms. The number of nitrogens with zero attached hydrogens (tertiary/aromatic N) is 4. The van der Waals surface area contributed by atoms with E-state index >= 15 is 0 Å². The molecule has 0 unspecified atom stereocenters. The molecular weight excluding hydrogens is 318 g/mol. The summed E-state index contributed by atoms with van der Waals surface area (Å²) >= 11 is 0. The number of carbonyl (C=O) groups excluding carboxylic acids is 1. The Bertz CT molecular complexity index is 886. The number of rotatable bonds is 7. The molecule has 0 atom stereocenters. The molecule has 0 aliphatic carbocycles. The molecule has 3 aromatic rings. The minimum absolute atomic E-state index is 0.143. The monoisotopic (exact) mass is 339 g/mol. The van der Waals surface area contributed by atoms with Crippen LogP contribution in [0, 0.1) is 0 Å². The van der Waals surface area contributed by atoms with Gasteiger partial charge in [0.15, 0.2) is 17.2 Å². The van der Waals surface area contributed by atoms with Crippen LogP contribution in [0.3, 0.4) is 0 Å². The third-order valence-corrected chi connectivity index (χ3v) is 3.87. The molecule has 0 bridgehead atoms. The average Bonchev–Trinajstić information content (AvgIpc) is 3.03. The summed E-state index contributed by atoms with van der Waals surface area (Å²) in [6, 6.07) is 7.43. The lowest BCUT2D eigenvalue weighted by atomic mass is 10.2. The molecule has 0 spiro atoms. The van der Waals surface area contributed by atoms with Crippen molar-refractivity contribution in [3.8, 4) is 17.1 Å². The Morgan fingerprint density at radius 3 is 2.60 bits per heavy atom. The van der Waals surface area contributed by atoms with Crippen molar-refractivity contribution in [2.24, 2.45) is 5.73 Å². The first kappa shape index (κ1) is 16.9. The Kier molecular flexibility index (Phi) is 4.92. The van der Waals surface area contributed by atoms with Crippen molar-refractivity contribution in [1.29, 1.82) is 0 Å². The Labute approximate surface area is 145 Å². The van der Waals surface area contributed by atoms with Gasteiger partial charge in [0, 0.05) is 12.1 Å². The molecule has 2 heterocycles. The lowest BCUT2D eigenvalue weighted by Gasteiger charge is -2.07. The predicted molar refractivity (Wildman–Crippen MR) is 95.4 cm³/mol. The standard InChI is InChI=1S/C18H21N5O2/c1-3-5-10-23-11-20-15-14(16(19)24)21-17(22-18(15)23)12-6-8-13(9-7-12)25-4-2/h6-9,11H,3-5,10H2,1-2H3,(H2,19,24). The summed E-state index contributed by atoms with van der Waals surface area (Å²) in [5.74, 6) is 0.610. The lowest BCUT2D eigenvalue weighted by molar-refractivity contribution is 0.0997. The molecule has 0 aliphatic heterocycles. The third-order valence-electron chi connectivity index (χ3n) is 3.87. The second kappa shape index (κ2) is 7.29. The van der Waals surface area contributed by atoms with Crippen molar-refractivity contribution in [3.05, 3.63) is 36.3 Å². The number of aryl methyl sites for hydroxylation is 1. The highest BCUT2D eigenvalue weighted by molar-refractivity contribution is 6.01. The minimum Gasteiger partial charge on any atom is -0.494 e. The molecule has 3 rings (SSSR count). The van der Waals surface area contributed by atoms with E-state index in [1.165, 1.54) is 0 Å². The van der Waals surface area contributed by atoms with Crippen LogP contribution in [0.25, 0.3) is 22.6 Å². The van der Waals surface area contributed by atoms with Crippen molar-refractivity contribution in [3.63, 3.8) is 0 Å². The number of unbranched alkanes of at least 4 members (excludes halogenated alkanes) is 1. The van der Waals surface area contributed by atoms with Crippen LogP contribution < -0.4 is 10.5 Å². The van der Waals surface area contributed by atoms with Gasteiger partial charge >= 0.3 is 0 Å². The molecule has 130 valence electrons. The van der Waals surface area contributed by atoms with E-state index in [0.717, 1.165) is 30.7 Å². The first-order valence-corrected chi connectivity index (χ1v) is 8.40. The molecule has 1 amide bonds. The molecule has 0 radical (unpaired) electrons. The van der Waals surface area contributed by atoms with Crippen LogP contribution in [0.5, 0.6) is 5.75 Å². The number of hydrogen-bond acceptors (Lipinski definition) is 5. The zero-order chi connectivity index (χ0) is 17.8. The van der Waals surface area contributed by atoms with E-state index in [4.69, 9.17) is 10.5 Å². The summed E-state index contributed by atoms with van der Waals surface area (Å²) in [5, 5.41) is 0. The maximum Gasteiger partial charge on any atom is 0.269 e. The summed E-state index contributed by atoms with van der Waals surface area (Å²) in [6.07, 6.45) is 3.74. The number of carbonyl (C=O) groups is 1. The molecule has 0 saturated carbocycles. The van der Waals surface area contributed by atoms with Gasteiger partial charge in [-0.1, -0.05) is 13.3 Å². The highest BCUT2D eigenvalue weighted by Gasteiger charge is 2.17. The van der Waals surface area contributed by atoms with Crippen molar-refractivity contribution in [1.82, 2.24) is 19.5 Å². The van der Waals surface area contributed by atoms with Gasteiger partial charge in [-0.2, -0.15) is 0 Å². The van der Waals surface area contributed by atoms with E-state index < -0.39 is 5.91 Å². The van der Waals surface area contributed by atoms with Crippen LogP contribution in [0.15, 0.2) is 30.6 Å². The van der Waals surface area contributed by atoms with Crippen molar-refractivity contribution in [2.45, 2.75) is 33.2 Å². The van der Waals surface area contributed by atoms with E-state index in [9.17, 15) is 4.79 Å². The Morgan fingerprint density at radius 1 is 1.20 bits per heavy atom. The van der Waals surface area contributed by atoms with E-state index in [0.29, 0.717) is 23.6 Å². The molecule has 0 saturated heterocycles. The molecule has 2 aromatic heterocycles. The van der Waals surface area contributed by atoms with Gasteiger partial charge in [0.1, 0.15) is 11.3 Å². The Hall–Kier alpha value is -2.96. The summed E-state index contributed by atoms with van der Waals surface area (Å²) in [5.41, 5.74) is 7.50. The van der Waals surface area contributed by atoms with Gasteiger partial charge in [-0.15, -0.1) is 0 Å². The highest BCUT2D eigenvalue weighted by atomic mass is 16.5. The van der Waals surface area contributed by atoms with E-state index in [1.54, 1.807) is 6.33 Å². The highest BCUT2D eigenvalue weighted by Crippen LogP contribution is 2.23. The number of primary amides is 1. The molecule has 25 heavy (non-hydrogen) atoms. The number of aromatic nitrogens is 4. The topological polar surface area (TPSA) is 95.9 Å². The fraction of sp³-hybridized carbons (Fsp3) is 0.333. The Morgan fingerprint density at radius 2 is 1.96 bits per heavy atom. The van der Waals surface area contributed by atoms with Crippen LogP contribution in [-0.2, 0) is 6.54 Å². The van der Waals surface area contributed by atoms with Crippen LogP contribution in [0.4, 0.5) is 0 Å². The summed E-state index contributed by atoms with van der Waals surface area (Å²) in [6.45, 7) is 5.44. The van der Waals surface area contributed by atoms with Gasteiger partial charge in [-0.05, 0) is 37.6 Å². The van der Waals surface area contributed by atoms with Gasteiger partial charge < -0.3 is 15.0 Å². The first-order chi connectivity index (χ1) is 12.1. The maximum atomic E-state index is 11.8. The summed E-state index contributed by atoms with van der Waals surface area (Å²) < 4.78 is 7.39. The number of hydrogen-bond donors (Lipinski definition) is 1. The first-order valence-electron chi connectivity index (χ1n) is 8.40. The van der Waals surface area contributed by atoms with E-state index in [2.05, 4.69) is 21.9 Å². The molecule has 0 aliphatic rings. The van der Waals surface area contributed by atoms with Gasteiger partial charge in [-0.25, -0.2) is 15.0 Å². The Balaban J connectivity index is 2.09. The lowest BCUT2D eigenvalue weighted by Crippen LogP contribution is -2.15. The number of amides is 1. The smallest absolute Gasteiger partial charge is 0.269 e. The average molecular weight is 339 g/mol. The van der Waals surface area contributed by atoms with Crippen LogP contribution >= 0.6 is 0 Å². The van der Waals surface area contributed by atoms with Gasteiger partial charge in [0.05, 0.1) is 12.9 Å². The predicted octanol–water partition coefficient (Wildman–Crippen LogP) is 2.79. The van der Waals surface area contributed by atoms with Crippen molar-refractivity contribution in [2.75, 3.05) is 6.61 Å². The fourth-order valence-corrected chi connectivity index (χ4v) is 2.60. The van der Waals surface area contributed by atoms with E-state index in [-0.39, 0.29) is 5.69 Å². The zero-order valence-electron chi connectivity index (χ0n) is 14.4. The number of imidazole rings is 1. The second-order valence-electron chi connectivity index (χ2n) is 5.68. The summed E-state index contributed by atoms with van der Waals surface area (Å²) in [4.78, 5) is 25.1. The fourth-order valence-electron chi connectivity index (χ4n) is 2.60. The number of benzene rings is 1. The van der Waals surface area contributed by atoms with Crippen molar-refractivity contribution >= 4 is 17.1 Å². The SMILES string of the molecule is CCCCn1cnc2c(C(N)=O)nc(-c3ccc(OCC)cc3)nc21. The van der Waals surface area contributed by atoms with Gasteiger partial charge in [0.25, 0.3) is 5.91 Å². The zero-order valence-corrected chi connectivity index (χ0v) is 14.4. The molecule has 1 aromatic carbocycles. The van der Waals surface area contributed by atoms with Crippen LogP contribution in [0.1, 0.15) is 37.2 Å². The largest absolute Gasteiger partial charge is 0.494 e. The molecule has 0 fully saturated rings. The maximum absolute atomic E-state index is 11.8. The third kappa shape index (κ3) is 3.45. The van der Waals surface area contributed by atoms with Gasteiger partial charge in [-0.3, -0.25) is 4.79 Å². The van der Waals surface area contributed by atoms with E-state index in [1.807, 2.05) is 35.8 Å². The minimum atomic E-state index is -0.611. The van der Waals surface area contributed by atoms with Crippen LogP contribution in [-0.4, -0.2) is 32.0 Å². The molecule has 7 nitrogen and oxygen atoms in total. The molecular formula is C18H21N5O2. The second-order valence-corrected chi connectivity index (χ2v) is 5.68. The number of fused-ring (bicyclic) bond motifs is 1. The normalized spacial score (nSPS) is 11.0. The van der Waals surface area contributed by atoms with Gasteiger partial charge in [0.2, 0.25) is 0 Å². The van der Waals surface area contributed by atoms with Crippen molar-refractivity contribution < 1.29 is 9.53 Å². The number of ether oxygens (including phenoxy) is 1. The summed E-state index contributed by atoms with van der Waals surface area (Å²) in [7, 11) is 0. The number of nitrogens with two attached hydrogens (primary N) is 1.